The number of thioether (sulfide) groups is 1. The van der Waals surface area contributed by atoms with Crippen molar-refractivity contribution >= 4 is 80.8 Å². The van der Waals surface area contributed by atoms with Crippen molar-refractivity contribution in [2.45, 2.75) is 20.8 Å². The summed E-state index contributed by atoms with van der Waals surface area (Å²) in [7, 11) is 0. The molecule has 6 nitrogen and oxygen atoms in total. The highest BCUT2D eigenvalue weighted by atomic mass is 35.5. The Morgan fingerprint density at radius 2 is 1.79 bits per heavy atom. The monoisotopic (exact) mass is 586 g/mol. The maximum Gasteiger partial charge on any atom is 0.270 e. The highest BCUT2D eigenvalue weighted by molar-refractivity contribution is 8.27. The van der Waals surface area contributed by atoms with Crippen LogP contribution in [-0.4, -0.2) is 29.3 Å². The summed E-state index contributed by atoms with van der Waals surface area (Å²) in [6, 6.07) is 16.2. The topological polar surface area (TPSA) is 67.9 Å². The third kappa shape index (κ3) is 6.50. The smallest absolute Gasteiger partial charge is 0.270 e. The zero-order valence-corrected chi connectivity index (χ0v) is 24.0. The van der Waals surface area contributed by atoms with Gasteiger partial charge in [-0.25, -0.2) is 0 Å². The van der Waals surface area contributed by atoms with Crippen molar-refractivity contribution in [2.24, 2.45) is 0 Å². The molecule has 0 atom stereocenters. The SMILES string of the molecule is CCOc1cc(/C=C2\SC(=S)N(c3ccc(C)c(Cl)c3)C2=O)cc(Cl)c1OCC(=O)Nc1ccc(C)cc1. The normalized spacial score (nSPS) is 14.2. The number of ether oxygens (including phenoxy) is 2. The van der Waals surface area contributed by atoms with E-state index in [1.807, 2.05) is 51.1 Å². The number of amides is 2. The Hall–Kier alpha value is -3.04. The Kier molecular flexibility index (Phi) is 8.99. The van der Waals surface area contributed by atoms with Gasteiger partial charge in [-0.05, 0) is 74.4 Å². The number of carbonyl (C=O) groups is 2. The molecule has 0 unspecified atom stereocenters. The molecule has 38 heavy (non-hydrogen) atoms. The maximum absolute atomic E-state index is 13.2. The van der Waals surface area contributed by atoms with Crippen LogP contribution in [0.1, 0.15) is 23.6 Å². The molecule has 1 N–H and O–H groups in total. The fourth-order valence-corrected chi connectivity index (χ4v) is 5.36. The van der Waals surface area contributed by atoms with Gasteiger partial charge in [0, 0.05) is 10.7 Å². The number of nitrogens with zero attached hydrogens (tertiary/aromatic N) is 1. The van der Waals surface area contributed by atoms with Crippen LogP contribution in [0.25, 0.3) is 6.08 Å². The first-order valence-corrected chi connectivity index (χ1v) is 13.6. The van der Waals surface area contributed by atoms with Gasteiger partial charge in [0.15, 0.2) is 22.4 Å². The van der Waals surface area contributed by atoms with Crippen LogP contribution in [0, 0.1) is 13.8 Å². The molecule has 0 aliphatic carbocycles. The van der Waals surface area contributed by atoms with Gasteiger partial charge in [0.2, 0.25) is 0 Å². The molecule has 0 spiro atoms. The average molecular weight is 588 g/mol. The van der Waals surface area contributed by atoms with Crippen LogP contribution < -0.4 is 19.7 Å². The van der Waals surface area contributed by atoms with Crippen molar-refractivity contribution in [3.8, 4) is 11.5 Å². The van der Waals surface area contributed by atoms with Crippen LogP contribution >= 0.6 is 47.2 Å². The number of nitrogens with one attached hydrogen (secondary N) is 1. The van der Waals surface area contributed by atoms with Crippen molar-refractivity contribution in [2.75, 3.05) is 23.4 Å². The molecule has 0 bridgehead atoms. The largest absolute Gasteiger partial charge is 0.490 e. The van der Waals surface area contributed by atoms with Gasteiger partial charge in [-0.3, -0.25) is 14.5 Å². The van der Waals surface area contributed by atoms with E-state index in [0.29, 0.717) is 43.5 Å². The van der Waals surface area contributed by atoms with E-state index in [2.05, 4.69) is 5.32 Å². The first kappa shape index (κ1) is 28.0. The second-order valence-electron chi connectivity index (χ2n) is 8.42. The van der Waals surface area contributed by atoms with Gasteiger partial charge in [-0.15, -0.1) is 0 Å². The van der Waals surface area contributed by atoms with Gasteiger partial charge in [0.05, 0.1) is 22.2 Å². The number of aryl methyl sites for hydroxylation is 2. The van der Waals surface area contributed by atoms with Crippen LogP contribution in [0.3, 0.4) is 0 Å². The number of hydrogen-bond acceptors (Lipinski definition) is 6. The summed E-state index contributed by atoms with van der Waals surface area (Å²) in [5.74, 6) is 0.000170. The predicted molar refractivity (Wildman–Crippen MR) is 160 cm³/mol. The van der Waals surface area contributed by atoms with Gasteiger partial charge < -0.3 is 14.8 Å². The van der Waals surface area contributed by atoms with Crippen LogP contribution in [0.15, 0.2) is 59.5 Å². The van der Waals surface area contributed by atoms with Crippen LogP contribution in [-0.2, 0) is 9.59 Å². The highest BCUT2D eigenvalue weighted by Crippen LogP contribution is 2.40. The minimum Gasteiger partial charge on any atom is -0.490 e. The van der Waals surface area contributed by atoms with E-state index in [1.165, 1.54) is 16.7 Å². The lowest BCUT2D eigenvalue weighted by Crippen LogP contribution is -2.27. The molecule has 2 amide bonds. The first-order chi connectivity index (χ1) is 18.2. The molecule has 1 aliphatic heterocycles. The molecule has 4 rings (SSSR count). The van der Waals surface area contributed by atoms with E-state index >= 15 is 0 Å². The quantitative estimate of drug-likeness (QED) is 0.218. The molecule has 1 aliphatic rings. The number of rotatable bonds is 8. The lowest BCUT2D eigenvalue weighted by Gasteiger charge is -2.15. The predicted octanol–water partition coefficient (Wildman–Crippen LogP) is 7.43. The van der Waals surface area contributed by atoms with E-state index in [1.54, 1.807) is 30.3 Å². The Bertz CT molecular complexity index is 1440. The van der Waals surface area contributed by atoms with Crippen molar-refractivity contribution < 1.29 is 19.1 Å². The van der Waals surface area contributed by atoms with Crippen LogP contribution in [0.4, 0.5) is 11.4 Å². The Morgan fingerprint density at radius 3 is 2.47 bits per heavy atom. The fourth-order valence-electron chi connectivity index (χ4n) is 3.61. The summed E-state index contributed by atoms with van der Waals surface area (Å²) in [6.07, 6.45) is 1.69. The van der Waals surface area contributed by atoms with Gasteiger partial charge in [-0.1, -0.05) is 70.9 Å². The molecule has 0 saturated carbocycles. The van der Waals surface area contributed by atoms with Gasteiger partial charge in [-0.2, -0.15) is 0 Å². The second-order valence-corrected chi connectivity index (χ2v) is 10.9. The number of hydrogen-bond donors (Lipinski definition) is 1. The van der Waals surface area contributed by atoms with Crippen LogP contribution in [0.5, 0.6) is 11.5 Å². The molecule has 1 heterocycles. The van der Waals surface area contributed by atoms with E-state index in [9.17, 15) is 9.59 Å². The van der Waals surface area contributed by atoms with Crippen molar-refractivity contribution in [1.29, 1.82) is 0 Å². The minimum absolute atomic E-state index is 0.242. The minimum atomic E-state index is -0.337. The summed E-state index contributed by atoms with van der Waals surface area (Å²) in [5, 5.41) is 3.57. The molecule has 3 aromatic rings. The molecular weight excluding hydrogens is 563 g/mol. The zero-order valence-electron chi connectivity index (χ0n) is 20.8. The number of thiocarbonyl (C=S) groups is 1. The summed E-state index contributed by atoms with van der Waals surface area (Å²) in [4.78, 5) is 27.5. The average Bonchev–Trinajstić information content (AvgIpc) is 3.14. The molecular formula is C28H24Cl2N2O4S2. The van der Waals surface area contributed by atoms with Gasteiger partial charge in [0.1, 0.15) is 0 Å². The molecule has 1 saturated heterocycles. The number of anilines is 2. The first-order valence-electron chi connectivity index (χ1n) is 11.7. The lowest BCUT2D eigenvalue weighted by molar-refractivity contribution is -0.118. The number of halogens is 2. The number of benzene rings is 3. The Morgan fingerprint density at radius 1 is 1.05 bits per heavy atom. The molecule has 0 radical (unpaired) electrons. The maximum atomic E-state index is 13.2. The summed E-state index contributed by atoms with van der Waals surface area (Å²) in [6.45, 7) is 5.77. The Labute approximate surface area is 240 Å². The van der Waals surface area contributed by atoms with Crippen LogP contribution in [0.2, 0.25) is 10.0 Å². The van der Waals surface area contributed by atoms with Gasteiger partial charge >= 0.3 is 0 Å². The third-order valence-electron chi connectivity index (χ3n) is 5.52. The summed E-state index contributed by atoms with van der Waals surface area (Å²) >= 11 is 19.4. The molecule has 10 heteroatoms. The second kappa shape index (κ2) is 12.2. The molecule has 196 valence electrons. The van der Waals surface area contributed by atoms with E-state index in [-0.39, 0.29) is 29.2 Å². The molecule has 0 aromatic heterocycles. The zero-order chi connectivity index (χ0) is 27.4. The summed E-state index contributed by atoms with van der Waals surface area (Å²) < 4.78 is 11.9. The lowest BCUT2D eigenvalue weighted by atomic mass is 10.1. The highest BCUT2D eigenvalue weighted by Gasteiger charge is 2.33. The summed E-state index contributed by atoms with van der Waals surface area (Å²) in [5.41, 5.74) is 3.89. The molecule has 3 aromatic carbocycles. The Balaban J connectivity index is 1.53. The molecule has 1 fully saturated rings. The van der Waals surface area contributed by atoms with Gasteiger partial charge in [0.25, 0.3) is 11.8 Å². The standard InChI is InChI=1S/C28H24Cl2N2O4S2/c1-4-35-23-12-18(11-22(30)26(23)36-15-25(33)31-19-8-5-16(2)6-9-19)13-24-27(34)32(28(37)38-24)20-10-7-17(3)21(29)14-20/h5-14H,4,15H2,1-3H3,(H,31,33)/b24-13-. The van der Waals surface area contributed by atoms with E-state index in [4.69, 9.17) is 44.9 Å². The van der Waals surface area contributed by atoms with E-state index < -0.39 is 0 Å². The fraction of sp³-hybridized carbons (Fsp3) is 0.179. The third-order valence-corrected chi connectivity index (χ3v) is 7.51. The van der Waals surface area contributed by atoms with E-state index in [0.717, 1.165) is 11.1 Å². The van der Waals surface area contributed by atoms with Crippen molar-refractivity contribution in [3.63, 3.8) is 0 Å². The number of carbonyl (C=O) groups excluding carboxylic acids is 2. The van der Waals surface area contributed by atoms with Crippen molar-refractivity contribution in [3.05, 3.63) is 86.2 Å². The van der Waals surface area contributed by atoms with Crippen molar-refractivity contribution in [1.82, 2.24) is 0 Å².